The molecule has 2 aromatic heterocycles. The molecule has 100 valence electrons. The molecule has 3 N–H and O–H groups in total. The van der Waals surface area contributed by atoms with Crippen LogP contribution in [0.3, 0.4) is 0 Å². The Hall–Kier alpha value is -2.71. The van der Waals surface area contributed by atoms with E-state index in [1.165, 1.54) is 0 Å². The van der Waals surface area contributed by atoms with Crippen LogP contribution in [-0.2, 0) is 6.54 Å². The Kier molecular flexibility index (Phi) is 3.86. The van der Waals surface area contributed by atoms with Crippen LogP contribution in [0.4, 0.5) is 17.5 Å². The second-order valence-electron chi connectivity index (χ2n) is 3.77. The third-order valence-corrected chi connectivity index (χ3v) is 2.40. The standard InChI is InChI=1S/C10H13N7O2/c11-10-13-7-8(17(18)19)9(15-10)12-3-1-5-16-6-2-4-14-16/h2,4,6-7H,1,3,5H2,(H3,11,12,13,15). The molecule has 2 aromatic rings. The molecular formula is C10H13N7O2. The van der Waals surface area contributed by atoms with Crippen LogP contribution < -0.4 is 11.1 Å². The van der Waals surface area contributed by atoms with Gasteiger partial charge in [0.2, 0.25) is 11.8 Å². The molecule has 0 aliphatic carbocycles. The number of nitro groups is 1. The van der Waals surface area contributed by atoms with Gasteiger partial charge in [0.1, 0.15) is 6.20 Å². The zero-order chi connectivity index (χ0) is 13.7. The van der Waals surface area contributed by atoms with Crippen LogP contribution in [0, 0.1) is 10.1 Å². The van der Waals surface area contributed by atoms with E-state index in [1.807, 2.05) is 12.3 Å². The van der Waals surface area contributed by atoms with Crippen LogP contribution in [0.15, 0.2) is 24.7 Å². The van der Waals surface area contributed by atoms with Crippen molar-refractivity contribution in [2.24, 2.45) is 0 Å². The number of aryl methyl sites for hydroxylation is 1. The van der Waals surface area contributed by atoms with E-state index in [0.29, 0.717) is 13.1 Å². The first-order valence-electron chi connectivity index (χ1n) is 5.65. The Labute approximate surface area is 108 Å². The molecule has 0 aliphatic rings. The van der Waals surface area contributed by atoms with Gasteiger partial charge >= 0.3 is 5.69 Å². The lowest BCUT2D eigenvalue weighted by Crippen LogP contribution is -2.11. The quantitative estimate of drug-likeness (QED) is 0.445. The van der Waals surface area contributed by atoms with E-state index in [0.717, 1.165) is 12.6 Å². The van der Waals surface area contributed by atoms with Crippen LogP contribution in [0.5, 0.6) is 0 Å². The summed E-state index contributed by atoms with van der Waals surface area (Å²) in [5, 5.41) is 17.7. The van der Waals surface area contributed by atoms with E-state index in [2.05, 4.69) is 20.4 Å². The monoisotopic (exact) mass is 263 g/mol. The fraction of sp³-hybridized carbons (Fsp3) is 0.300. The van der Waals surface area contributed by atoms with Crippen LogP contribution in [0.25, 0.3) is 0 Å². The van der Waals surface area contributed by atoms with Gasteiger partial charge in [-0.1, -0.05) is 0 Å². The van der Waals surface area contributed by atoms with Gasteiger partial charge < -0.3 is 11.1 Å². The second kappa shape index (κ2) is 5.76. The van der Waals surface area contributed by atoms with Crippen molar-refractivity contribution >= 4 is 17.5 Å². The predicted octanol–water partition coefficient (Wildman–Crippen LogP) is 0.666. The highest BCUT2D eigenvalue weighted by Gasteiger charge is 2.15. The van der Waals surface area contributed by atoms with Crippen molar-refractivity contribution < 1.29 is 4.92 Å². The fourth-order valence-electron chi connectivity index (χ4n) is 1.53. The highest BCUT2D eigenvalue weighted by Crippen LogP contribution is 2.20. The Morgan fingerprint density at radius 2 is 2.37 bits per heavy atom. The number of nitrogens with zero attached hydrogens (tertiary/aromatic N) is 5. The summed E-state index contributed by atoms with van der Waals surface area (Å²) in [4.78, 5) is 17.7. The van der Waals surface area contributed by atoms with E-state index < -0.39 is 4.92 Å². The number of hydrogen-bond acceptors (Lipinski definition) is 7. The summed E-state index contributed by atoms with van der Waals surface area (Å²) in [6.45, 7) is 1.24. The zero-order valence-corrected chi connectivity index (χ0v) is 10.1. The van der Waals surface area contributed by atoms with E-state index in [4.69, 9.17) is 5.73 Å². The molecule has 0 radical (unpaired) electrons. The second-order valence-corrected chi connectivity index (χ2v) is 3.77. The molecule has 0 aliphatic heterocycles. The molecule has 0 saturated heterocycles. The van der Waals surface area contributed by atoms with Crippen LogP contribution in [0.1, 0.15) is 6.42 Å². The number of rotatable bonds is 6. The van der Waals surface area contributed by atoms with Crippen LogP contribution >= 0.6 is 0 Å². The van der Waals surface area contributed by atoms with Gasteiger partial charge in [-0.05, 0) is 12.5 Å². The summed E-state index contributed by atoms with van der Waals surface area (Å²) >= 11 is 0. The highest BCUT2D eigenvalue weighted by molar-refractivity contribution is 5.56. The molecule has 0 bridgehead atoms. The van der Waals surface area contributed by atoms with Gasteiger partial charge in [-0.15, -0.1) is 0 Å². The van der Waals surface area contributed by atoms with E-state index in [1.54, 1.807) is 10.9 Å². The third-order valence-electron chi connectivity index (χ3n) is 2.40. The lowest BCUT2D eigenvalue weighted by Gasteiger charge is -2.06. The first kappa shape index (κ1) is 12.7. The molecular weight excluding hydrogens is 250 g/mol. The number of nitrogens with one attached hydrogen (secondary N) is 1. The summed E-state index contributed by atoms with van der Waals surface area (Å²) in [6.07, 6.45) is 5.40. The number of nitrogen functional groups attached to an aromatic ring is 1. The average molecular weight is 263 g/mol. The minimum atomic E-state index is -0.546. The maximum absolute atomic E-state index is 10.8. The molecule has 9 nitrogen and oxygen atoms in total. The predicted molar refractivity (Wildman–Crippen MR) is 68.4 cm³/mol. The maximum atomic E-state index is 10.8. The Bertz CT molecular complexity index is 555. The minimum Gasteiger partial charge on any atom is -0.368 e. The Morgan fingerprint density at radius 3 is 3.05 bits per heavy atom. The molecule has 0 aromatic carbocycles. The summed E-state index contributed by atoms with van der Waals surface area (Å²) in [5.74, 6) is 0.137. The van der Waals surface area contributed by atoms with Gasteiger partial charge in [-0.25, -0.2) is 4.98 Å². The van der Waals surface area contributed by atoms with E-state index >= 15 is 0 Å². The first-order chi connectivity index (χ1) is 9.16. The lowest BCUT2D eigenvalue weighted by molar-refractivity contribution is -0.384. The molecule has 2 rings (SSSR count). The summed E-state index contributed by atoms with van der Waals surface area (Å²) in [7, 11) is 0. The van der Waals surface area contributed by atoms with Crippen molar-refractivity contribution in [2.75, 3.05) is 17.6 Å². The molecule has 0 unspecified atom stereocenters. The van der Waals surface area contributed by atoms with Crippen molar-refractivity contribution in [1.82, 2.24) is 19.7 Å². The van der Waals surface area contributed by atoms with Gasteiger partial charge in [0.25, 0.3) is 0 Å². The molecule has 0 atom stereocenters. The summed E-state index contributed by atoms with van der Waals surface area (Å²) < 4.78 is 1.78. The molecule has 9 heteroatoms. The van der Waals surface area contributed by atoms with Crippen molar-refractivity contribution in [3.8, 4) is 0 Å². The Balaban J connectivity index is 1.91. The summed E-state index contributed by atoms with van der Waals surface area (Å²) in [6, 6.07) is 1.84. The van der Waals surface area contributed by atoms with E-state index in [-0.39, 0.29) is 17.5 Å². The van der Waals surface area contributed by atoms with Crippen molar-refractivity contribution in [1.29, 1.82) is 0 Å². The first-order valence-corrected chi connectivity index (χ1v) is 5.65. The molecule has 19 heavy (non-hydrogen) atoms. The van der Waals surface area contributed by atoms with Crippen molar-refractivity contribution in [2.45, 2.75) is 13.0 Å². The third kappa shape index (κ3) is 3.37. The van der Waals surface area contributed by atoms with E-state index in [9.17, 15) is 10.1 Å². The number of hydrogen-bond donors (Lipinski definition) is 2. The SMILES string of the molecule is Nc1ncc([N+](=O)[O-])c(NCCCn2cccn2)n1. The highest BCUT2D eigenvalue weighted by atomic mass is 16.6. The van der Waals surface area contributed by atoms with Crippen molar-refractivity contribution in [3.05, 3.63) is 34.8 Å². The zero-order valence-electron chi connectivity index (χ0n) is 10.1. The van der Waals surface area contributed by atoms with Gasteiger partial charge in [-0.2, -0.15) is 10.1 Å². The van der Waals surface area contributed by atoms with Crippen LogP contribution in [0.2, 0.25) is 0 Å². The number of anilines is 2. The maximum Gasteiger partial charge on any atom is 0.329 e. The molecule has 0 fully saturated rings. The molecule has 2 heterocycles. The molecule has 0 amide bonds. The minimum absolute atomic E-state index is 0.000163. The largest absolute Gasteiger partial charge is 0.368 e. The topological polar surface area (TPSA) is 125 Å². The van der Waals surface area contributed by atoms with Gasteiger partial charge in [0.15, 0.2) is 0 Å². The van der Waals surface area contributed by atoms with Gasteiger partial charge in [0.05, 0.1) is 4.92 Å². The number of aromatic nitrogens is 4. The normalized spacial score (nSPS) is 10.3. The smallest absolute Gasteiger partial charge is 0.329 e. The molecule has 0 spiro atoms. The van der Waals surface area contributed by atoms with Gasteiger partial charge in [0, 0.05) is 25.5 Å². The fourth-order valence-corrected chi connectivity index (χ4v) is 1.53. The summed E-state index contributed by atoms with van der Waals surface area (Å²) in [5.41, 5.74) is 5.22. The van der Waals surface area contributed by atoms with Crippen LogP contribution in [-0.4, -0.2) is 31.2 Å². The Morgan fingerprint density at radius 1 is 1.53 bits per heavy atom. The average Bonchev–Trinajstić information content (AvgIpc) is 2.87. The number of nitrogens with two attached hydrogens (primary N) is 1. The molecule has 0 saturated carbocycles. The lowest BCUT2D eigenvalue weighted by atomic mass is 10.4. The van der Waals surface area contributed by atoms with Gasteiger partial charge in [-0.3, -0.25) is 14.8 Å². The van der Waals surface area contributed by atoms with Crippen molar-refractivity contribution in [3.63, 3.8) is 0 Å².